The van der Waals surface area contributed by atoms with Crippen molar-refractivity contribution in [3.63, 3.8) is 0 Å². The number of nitrogens with zero attached hydrogens (tertiary/aromatic N) is 3. The summed E-state index contributed by atoms with van der Waals surface area (Å²) in [6.07, 6.45) is 7.19. The summed E-state index contributed by atoms with van der Waals surface area (Å²) in [5.41, 5.74) is -0.342. The number of likely N-dealkylation sites (tertiary alicyclic amines) is 1. The molecule has 1 saturated heterocycles. The summed E-state index contributed by atoms with van der Waals surface area (Å²) < 4.78 is 24.6. The van der Waals surface area contributed by atoms with Crippen LogP contribution in [-0.2, 0) is 15.4 Å². The second kappa shape index (κ2) is 6.08. The average molecular weight is 349 g/mol. The molecule has 1 unspecified atom stereocenters. The van der Waals surface area contributed by atoms with Crippen molar-refractivity contribution in [1.82, 2.24) is 4.90 Å². The molecule has 0 saturated carbocycles. The van der Waals surface area contributed by atoms with E-state index in [1.807, 2.05) is 0 Å². The van der Waals surface area contributed by atoms with Gasteiger partial charge >= 0.3 is 0 Å². The van der Waals surface area contributed by atoms with Crippen LogP contribution in [0.15, 0.2) is 34.2 Å². The molecule has 1 fully saturated rings. The second-order valence-corrected chi connectivity index (χ2v) is 7.65. The molecule has 23 heavy (non-hydrogen) atoms. The van der Waals surface area contributed by atoms with Crippen molar-refractivity contribution in [3.8, 4) is 5.40 Å². The summed E-state index contributed by atoms with van der Waals surface area (Å²) in [7, 11) is -4.10. The first kappa shape index (κ1) is 16.2. The van der Waals surface area contributed by atoms with Gasteiger partial charge in [0.15, 0.2) is 5.40 Å². The quantitative estimate of drug-likeness (QED) is 0.621. The van der Waals surface area contributed by atoms with Gasteiger partial charge in [-0.25, -0.2) is 8.42 Å². The highest BCUT2D eigenvalue weighted by Gasteiger charge is 2.49. The number of piperidine rings is 1. The number of aliphatic imine (C=N–C) groups is 1. The highest BCUT2D eigenvalue weighted by atomic mass is 35.5. The third-order valence-electron chi connectivity index (χ3n) is 4.29. The van der Waals surface area contributed by atoms with Gasteiger partial charge in [0.25, 0.3) is 9.84 Å². The van der Waals surface area contributed by atoms with E-state index in [0.717, 1.165) is 37.9 Å². The molecule has 1 aromatic carbocycles. The van der Waals surface area contributed by atoms with E-state index in [-0.39, 0.29) is 4.91 Å². The van der Waals surface area contributed by atoms with Crippen LogP contribution in [0.25, 0.3) is 0 Å². The van der Waals surface area contributed by atoms with E-state index >= 15 is 0 Å². The first-order chi connectivity index (χ1) is 11.0. The van der Waals surface area contributed by atoms with Crippen molar-refractivity contribution in [2.45, 2.75) is 24.8 Å². The second-order valence-electron chi connectivity index (χ2n) is 5.61. The fourth-order valence-electron chi connectivity index (χ4n) is 3.20. The molecule has 2 heterocycles. The highest BCUT2D eigenvalue weighted by molar-refractivity contribution is 7.99. The molecular weight excluding hydrogens is 334 g/mol. The Labute approximate surface area is 140 Å². The predicted octanol–water partition coefficient (Wildman–Crippen LogP) is 2.65. The van der Waals surface area contributed by atoms with Crippen LogP contribution in [0.2, 0.25) is 5.02 Å². The normalized spacial score (nSPS) is 25.1. The van der Waals surface area contributed by atoms with Crippen molar-refractivity contribution < 1.29 is 8.42 Å². The topological polar surface area (TPSA) is 73.5 Å². The number of sulfone groups is 1. The van der Waals surface area contributed by atoms with Gasteiger partial charge in [0.1, 0.15) is 16.6 Å². The number of hydrogen-bond acceptors (Lipinski definition) is 5. The largest absolute Gasteiger partial charge is 0.285 e. The lowest BCUT2D eigenvalue weighted by Gasteiger charge is -2.42. The van der Waals surface area contributed by atoms with Crippen LogP contribution in [0, 0.1) is 16.9 Å². The van der Waals surface area contributed by atoms with Crippen LogP contribution in [0.1, 0.15) is 24.8 Å². The average Bonchev–Trinajstić information content (AvgIpc) is 3.03. The predicted molar refractivity (Wildman–Crippen MR) is 88.3 cm³/mol. The smallest absolute Gasteiger partial charge is 0.270 e. The number of halogens is 1. The Morgan fingerprint density at radius 3 is 2.48 bits per heavy atom. The minimum Gasteiger partial charge on any atom is -0.285 e. The standard InChI is InChI=1S/C16H15ClN3O2S/c17-14-6-4-13(5-7-14)16(20-8-2-1-3-9-20)11-19-10-15(16)23(21,22)12-18/h4-7,11H,1-3,8-9H2. The Morgan fingerprint density at radius 1 is 1.22 bits per heavy atom. The molecule has 0 amide bonds. The summed E-state index contributed by atoms with van der Waals surface area (Å²) in [4.78, 5) is 5.95. The van der Waals surface area contributed by atoms with Crippen molar-refractivity contribution in [3.05, 3.63) is 46.0 Å². The molecule has 119 valence electrons. The number of nitriles is 1. The maximum atomic E-state index is 12.3. The van der Waals surface area contributed by atoms with Crippen LogP contribution in [0.4, 0.5) is 0 Å². The van der Waals surface area contributed by atoms with Gasteiger partial charge in [0.2, 0.25) is 0 Å². The van der Waals surface area contributed by atoms with Crippen LogP contribution >= 0.6 is 11.6 Å². The minimum absolute atomic E-state index is 0.100. The van der Waals surface area contributed by atoms with Crippen LogP contribution in [-0.4, -0.2) is 32.6 Å². The maximum absolute atomic E-state index is 12.3. The molecule has 2 aliphatic rings. The van der Waals surface area contributed by atoms with Gasteiger partial charge in [-0.3, -0.25) is 9.89 Å². The summed E-state index contributed by atoms with van der Waals surface area (Å²) in [6.45, 7) is 1.47. The molecule has 2 aliphatic heterocycles. The van der Waals surface area contributed by atoms with Crippen LogP contribution < -0.4 is 0 Å². The van der Waals surface area contributed by atoms with Crippen molar-refractivity contribution >= 4 is 27.7 Å². The van der Waals surface area contributed by atoms with Gasteiger partial charge in [-0.15, -0.1) is 0 Å². The Morgan fingerprint density at radius 2 is 1.87 bits per heavy atom. The van der Waals surface area contributed by atoms with Gasteiger partial charge in [0.05, 0.1) is 0 Å². The first-order valence-electron chi connectivity index (χ1n) is 7.35. The fourth-order valence-corrected chi connectivity index (χ4v) is 4.30. The third-order valence-corrected chi connectivity index (χ3v) is 5.72. The fraction of sp³-hybridized carbons (Fsp3) is 0.375. The lowest BCUT2D eigenvalue weighted by Crippen LogP contribution is -2.51. The zero-order valence-electron chi connectivity index (χ0n) is 12.4. The summed E-state index contributed by atoms with van der Waals surface area (Å²) in [6, 6.07) is 6.99. The maximum Gasteiger partial charge on any atom is 0.270 e. The number of rotatable bonds is 3. The van der Waals surface area contributed by atoms with E-state index in [1.54, 1.807) is 30.5 Å². The molecule has 1 atom stereocenters. The van der Waals surface area contributed by atoms with Crippen LogP contribution in [0.3, 0.4) is 0 Å². The van der Waals surface area contributed by atoms with E-state index < -0.39 is 15.4 Å². The minimum atomic E-state index is -4.10. The molecule has 0 bridgehead atoms. The number of benzene rings is 1. The van der Waals surface area contributed by atoms with E-state index in [0.29, 0.717) is 5.02 Å². The van der Waals surface area contributed by atoms with Crippen molar-refractivity contribution in [2.75, 3.05) is 13.1 Å². The highest BCUT2D eigenvalue weighted by Crippen LogP contribution is 2.42. The lowest BCUT2D eigenvalue weighted by molar-refractivity contribution is 0.155. The molecule has 5 nitrogen and oxygen atoms in total. The Hall–Kier alpha value is -1.68. The van der Waals surface area contributed by atoms with Crippen molar-refractivity contribution in [1.29, 1.82) is 5.26 Å². The van der Waals surface area contributed by atoms with Gasteiger partial charge in [0, 0.05) is 11.2 Å². The van der Waals surface area contributed by atoms with E-state index in [4.69, 9.17) is 16.9 Å². The third kappa shape index (κ3) is 2.69. The zero-order chi connectivity index (χ0) is 16.5. The first-order valence-corrected chi connectivity index (χ1v) is 9.21. The van der Waals surface area contributed by atoms with Gasteiger partial charge in [-0.2, -0.15) is 5.26 Å². The van der Waals surface area contributed by atoms with E-state index in [1.165, 1.54) is 5.40 Å². The number of hydrogen-bond donors (Lipinski definition) is 0. The van der Waals surface area contributed by atoms with E-state index in [9.17, 15) is 8.42 Å². The van der Waals surface area contributed by atoms with Gasteiger partial charge in [-0.05, 0) is 43.6 Å². The molecule has 0 aromatic heterocycles. The summed E-state index contributed by atoms with van der Waals surface area (Å²) >= 11 is 5.96. The Balaban J connectivity index is 2.19. The molecule has 0 N–H and O–H groups in total. The summed E-state index contributed by atoms with van der Waals surface area (Å²) in [5, 5.41) is 11.0. The SMILES string of the molecule is N#CS(=O)(=O)C1=[C]N=CC1(c1ccc(Cl)cc1)N1CCCCC1. The van der Waals surface area contributed by atoms with E-state index in [2.05, 4.69) is 16.1 Å². The van der Waals surface area contributed by atoms with Crippen LogP contribution in [0.5, 0.6) is 0 Å². The Bertz CT molecular complexity index is 803. The van der Waals surface area contributed by atoms with Crippen molar-refractivity contribution in [2.24, 2.45) is 4.99 Å². The molecule has 1 radical (unpaired) electrons. The molecule has 1 aromatic rings. The molecular formula is C16H15ClN3O2S. The molecule has 0 spiro atoms. The Kier molecular flexibility index (Phi) is 4.28. The molecule has 7 heteroatoms. The van der Waals surface area contributed by atoms with Gasteiger partial charge in [-0.1, -0.05) is 30.2 Å². The molecule has 0 aliphatic carbocycles. The lowest BCUT2D eigenvalue weighted by atomic mass is 9.87. The summed E-state index contributed by atoms with van der Waals surface area (Å²) in [5.74, 6) is 0. The zero-order valence-corrected chi connectivity index (χ0v) is 13.9. The van der Waals surface area contributed by atoms with Gasteiger partial charge < -0.3 is 0 Å². The number of thiocyanates is 1. The monoisotopic (exact) mass is 348 g/mol. The molecule has 3 rings (SSSR count).